The number of hydrogen-bond donors (Lipinski definition) is 2. The predicted octanol–water partition coefficient (Wildman–Crippen LogP) is 4.82. The van der Waals surface area contributed by atoms with Crippen molar-refractivity contribution in [1.29, 1.82) is 0 Å². The van der Waals surface area contributed by atoms with Gasteiger partial charge in [-0.15, -0.1) is 11.3 Å². The molecule has 7 nitrogen and oxygen atoms in total. The molecule has 3 heterocycles. The number of fused-ring (bicyclic) bond motifs is 1. The van der Waals surface area contributed by atoms with Crippen LogP contribution in [-0.4, -0.2) is 20.8 Å². The summed E-state index contributed by atoms with van der Waals surface area (Å²) in [5.41, 5.74) is 3.81. The zero-order valence-corrected chi connectivity index (χ0v) is 15.1. The van der Waals surface area contributed by atoms with Crippen LogP contribution >= 0.6 is 22.7 Å². The molecule has 4 rings (SSSR count). The Hall–Kier alpha value is -3.04. The number of nitro groups is 1. The van der Waals surface area contributed by atoms with Crippen LogP contribution in [0.1, 0.15) is 15.4 Å². The number of thiophene rings is 1. The smallest absolute Gasteiger partial charge is 0.324 e. The van der Waals surface area contributed by atoms with Crippen molar-refractivity contribution in [3.05, 3.63) is 62.5 Å². The quantitative estimate of drug-likeness (QED) is 0.389. The first-order valence-electron chi connectivity index (χ1n) is 7.61. The maximum atomic E-state index is 12.3. The number of rotatable bonds is 4. The second kappa shape index (κ2) is 6.36. The van der Waals surface area contributed by atoms with Crippen LogP contribution < -0.4 is 5.32 Å². The molecule has 1 aromatic carbocycles. The minimum absolute atomic E-state index is 0.0654. The Kier molecular flexibility index (Phi) is 4.02. The molecule has 0 spiro atoms. The molecule has 0 atom stereocenters. The lowest BCUT2D eigenvalue weighted by Gasteiger charge is -1.99. The van der Waals surface area contributed by atoms with Gasteiger partial charge in [-0.1, -0.05) is 29.5 Å². The number of para-hydroxylation sites is 1. The molecule has 2 N–H and O–H groups in total. The lowest BCUT2D eigenvalue weighted by atomic mass is 10.1. The molecule has 1 amide bonds. The number of aryl methyl sites for hydroxylation is 1. The average Bonchev–Trinajstić information content (AvgIpc) is 3.31. The molecule has 3 aromatic heterocycles. The normalized spacial score (nSPS) is 11.0. The van der Waals surface area contributed by atoms with Crippen LogP contribution in [-0.2, 0) is 0 Å². The lowest BCUT2D eigenvalue weighted by Crippen LogP contribution is -2.09. The van der Waals surface area contributed by atoms with Crippen LogP contribution in [0.15, 0.2) is 41.8 Å². The first-order chi connectivity index (χ1) is 12.5. The van der Waals surface area contributed by atoms with Crippen molar-refractivity contribution < 1.29 is 9.72 Å². The summed E-state index contributed by atoms with van der Waals surface area (Å²) in [6.45, 7) is 1.98. The number of amides is 1. The van der Waals surface area contributed by atoms with E-state index >= 15 is 0 Å². The predicted molar refractivity (Wildman–Crippen MR) is 103 cm³/mol. The Balaban J connectivity index is 1.60. The maximum absolute atomic E-state index is 12.3. The minimum Gasteiger partial charge on any atom is -0.358 e. The average molecular weight is 384 g/mol. The summed E-state index contributed by atoms with van der Waals surface area (Å²) in [7, 11) is 0. The van der Waals surface area contributed by atoms with Crippen LogP contribution in [0.5, 0.6) is 0 Å². The fraction of sp³-hybridized carbons (Fsp3) is 0.0588. The van der Waals surface area contributed by atoms with Crippen molar-refractivity contribution in [2.45, 2.75) is 6.92 Å². The number of anilines is 1. The third-order valence-corrected chi connectivity index (χ3v) is 5.66. The van der Waals surface area contributed by atoms with Crippen molar-refractivity contribution in [3.63, 3.8) is 0 Å². The summed E-state index contributed by atoms with van der Waals surface area (Å²) >= 11 is 2.15. The highest BCUT2D eigenvalue weighted by Crippen LogP contribution is 2.34. The van der Waals surface area contributed by atoms with Gasteiger partial charge in [0.25, 0.3) is 5.91 Å². The molecule has 0 aliphatic rings. The zero-order chi connectivity index (χ0) is 18.3. The molecule has 9 heteroatoms. The molecule has 26 heavy (non-hydrogen) atoms. The lowest BCUT2D eigenvalue weighted by molar-refractivity contribution is -0.380. The van der Waals surface area contributed by atoms with E-state index in [1.807, 2.05) is 36.6 Å². The van der Waals surface area contributed by atoms with Crippen LogP contribution in [0, 0.1) is 17.0 Å². The van der Waals surface area contributed by atoms with Crippen molar-refractivity contribution in [2.75, 3.05) is 5.32 Å². The number of nitrogens with one attached hydrogen (secondary N) is 2. The Morgan fingerprint density at radius 2 is 2.08 bits per heavy atom. The molecule has 0 bridgehead atoms. The first-order valence-corrected chi connectivity index (χ1v) is 9.31. The Morgan fingerprint density at radius 1 is 1.27 bits per heavy atom. The van der Waals surface area contributed by atoms with Crippen molar-refractivity contribution in [3.8, 4) is 11.3 Å². The van der Waals surface area contributed by atoms with E-state index in [4.69, 9.17) is 0 Å². The topological polar surface area (TPSA) is 101 Å². The van der Waals surface area contributed by atoms with Gasteiger partial charge in [0.1, 0.15) is 0 Å². The third-order valence-electron chi connectivity index (χ3n) is 3.87. The summed E-state index contributed by atoms with van der Waals surface area (Å²) in [5, 5.41) is 16.8. The number of nitrogens with zero attached hydrogens (tertiary/aromatic N) is 2. The Morgan fingerprint density at radius 3 is 2.85 bits per heavy atom. The molecule has 0 saturated heterocycles. The highest BCUT2D eigenvalue weighted by Gasteiger charge is 2.18. The van der Waals surface area contributed by atoms with E-state index in [0.717, 1.165) is 39.2 Å². The van der Waals surface area contributed by atoms with E-state index in [0.29, 0.717) is 5.13 Å². The molecular formula is C17H12N4O3S2. The molecule has 0 aliphatic carbocycles. The van der Waals surface area contributed by atoms with E-state index in [2.05, 4.69) is 15.3 Å². The fourth-order valence-electron chi connectivity index (χ4n) is 2.76. The Bertz CT molecular complexity index is 1140. The van der Waals surface area contributed by atoms with Gasteiger partial charge in [0.05, 0.1) is 15.5 Å². The van der Waals surface area contributed by atoms with E-state index in [9.17, 15) is 14.9 Å². The van der Waals surface area contributed by atoms with E-state index in [1.165, 1.54) is 23.5 Å². The van der Waals surface area contributed by atoms with Gasteiger partial charge in [0.2, 0.25) is 0 Å². The van der Waals surface area contributed by atoms with Crippen molar-refractivity contribution >= 4 is 49.6 Å². The molecule has 0 radical (unpaired) electrons. The summed E-state index contributed by atoms with van der Waals surface area (Å²) in [6, 6.07) is 10.7. The van der Waals surface area contributed by atoms with Crippen LogP contribution in [0.25, 0.3) is 22.2 Å². The van der Waals surface area contributed by atoms with Gasteiger partial charge in [0.15, 0.2) is 5.13 Å². The van der Waals surface area contributed by atoms with E-state index < -0.39 is 10.8 Å². The summed E-state index contributed by atoms with van der Waals surface area (Å²) < 4.78 is 0. The summed E-state index contributed by atoms with van der Waals surface area (Å²) in [5.74, 6) is -0.403. The van der Waals surface area contributed by atoms with Gasteiger partial charge in [-0.05, 0) is 19.1 Å². The maximum Gasteiger partial charge on any atom is 0.324 e. The molecule has 0 unspecified atom stereocenters. The number of aromatic amines is 1. The van der Waals surface area contributed by atoms with Crippen LogP contribution in [0.4, 0.5) is 10.1 Å². The number of thiazole rings is 1. The Labute approximate surface area is 155 Å². The van der Waals surface area contributed by atoms with E-state index in [1.54, 1.807) is 0 Å². The van der Waals surface area contributed by atoms with Gasteiger partial charge in [-0.2, -0.15) is 0 Å². The number of aromatic nitrogens is 2. The number of carbonyl (C=O) groups is 1. The summed E-state index contributed by atoms with van der Waals surface area (Å²) in [6.07, 6.45) is 0. The third kappa shape index (κ3) is 2.87. The van der Waals surface area contributed by atoms with Crippen molar-refractivity contribution in [2.24, 2.45) is 0 Å². The molecule has 130 valence electrons. The van der Waals surface area contributed by atoms with Crippen molar-refractivity contribution in [1.82, 2.24) is 9.97 Å². The molecule has 0 aliphatic heterocycles. The monoisotopic (exact) mass is 384 g/mol. The first kappa shape index (κ1) is 16.4. The second-order valence-electron chi connectivity index (χ2n) is 5.56. The molecular weight excluding hydrogens is 372 g/mol. The second-order valence-corrected chi connectivity index (χ2v) is 7.48. The number of H-pyrrole nitrogens is 1. The molecule has 4 aromatic rings. The zero-order valence-electron chi connectivity index (χ0n) is 13.5. The van der Waals surface area contributed by atoms with Gasteiger partial charge in [0, 0.05) is 33.6 Å². The SMILES string of the molecule is Cc1[nH]c2ccccc2c1-c1csc(NC(=O)c2ccc([N+](=O)[O-])s2)n1. The summed E-state index contributed by atoms with van der Waals surface area (Å²) in [4.78, 5) is 30.6. The molecule has 0 saturated carbocycles. The molecule has 0 fully saturated rings. The number of hydrogen-bond acceptors (Lipinski definition) is 6. The van der Waals surface area contributed by atoms with Crippen LogP contribution in [0.3, 0.4) is 0 Å². The van der Waals surface area contributed by atoms with Crippen LogP contribution in [0.2, 0.25) is 0 Å². The largest absolute Gasteiger partial charge is 0.358 e. The highest BCUT2D eigenvalue weighted by atomic mass is 32.1. The van der Waals surface area contributed by atoms with Gasteiger partial charge in [-0.25, -0.2) is 4.98 Å². The number of carbonyl (C=O) groups excluding carboxylic acids is 1. The van der Waals surface area contributed by atoms with Gasteiger partial charge >= 0.3 is 5.00 Å². The standard InChI is InChI=1S/C17H12N4O3S2/c1-9-15(10-4-2-3-5-11(10)18-9)12-8-25-17(19-12)20-16(22)13-6-7-14(26-13)21(23)24/h2-8,18H,1H3,(H,19,20,22). The fourth-order valence-corrected chi connectivity index (χ4v) is 4.17. The number of benzene rings is 1. The minimum atomic E-state index is -0.511. The highest BCUT2D eigenvalue weighted by molar-refractivity contribution is 7.17. The van der Waals surface area contributed by atoms with E-state index in [-0.39, 0.29) is 9.88 Å². The van der Waals surface area contributed by atoms with Gasteiger partial charge < -0.3 is 4.98 Å². The van der Waals surface area contributed by atoms with Gasteiger partial charge in [-0.3, -0.25) is 20.2 Å².